The lowest BCUT2D eigenvalue weighted by atomic mass is 10.0. The highest BCUT2D eigenvalue weighted by Gasteiger charge is 2.09. The summed E-state index contributed by atoms with van der Waals surface area (Å²) in [4.78, 5) is 0. The molecule has 1 aromatic carbocycles. The third kappa shape index (κ3) is 2.46. The van der Waals surface area contributed by atoms with E-state index in [1.807, 2.05) is 18.2 Å². The number of anilines is 2. The van der Waals surface area contributed by atoms with Crippen molar-refractivity contribution in [3.05, 3.63) is 47.7 Å². The molecule has 18 heavy (non-hydrogen) atoms. The topological polar surface area (TPSA) is 61.6 Å². The summed E-state index contributed by atoms with van der Waals surface area (Å²) in [5.41, 5.74) is 2.64. The third-order valence-corrected chi connectivity index (χ3v) is 2.68. The first-order valence-corrected chi connectivity index (χ1v) is 5.80. The van der Waals surface area contributed by atoms with Gasteiger partial charge < -0.3 is 5.32 Å². The highest BCUT2D eigenvalue weighted by atomic mass is 15.2. The number of benzene rings is 1. The summed E-state index contributed by atoms with van der Waals surface area (Å²) in [6, 6.07) is 11.7. The predicted octanol–water partition coefficient (Wildman–Crippen LogP) is 3.22. The van der Waals surface area contributed by atoms with E-state index in [4.69, 9.17) is 5.26 Å². The number of nitrogens with one attached hydrogen (secondary N) is 1. The lowest BCUT2D eigenvalue weighted by molar-refractivity contribution is 0.868. The van der Waals surface area contributed by atoms with Crippen LogP contribution >= 0.6 is 0 Å². The first-order valence-electron chi connectivity index (χ1n) is 5.80. The van der Waals surface area contributed by atoms with E-state index < -0.39 is 0 Å². The van der Waals surface area contributed by atoms with Gasteiger partial charge in [-0.1, -0.05) is 32.0 Å². The normalized spacial score (nSPS) is 10.1. The molecule has 0 atom stereocenters. The second kappa shape index (κ2) is 5.28. The molecule has 0 saturated carbocycles. The molecule has 4 nitrogen and oxygen atoms in total. The van der Waals surface area contributed by atoms with Gasteiger partial charge in [0.25, 0.3) is 0 Å². The molecular weight excluding hydrogens is 224 g/mol. The Kier molecular flexibility index (Phi) is 3.54. The number of rotatable bonds is 3. The van der Waals surface area contributed by atoms with Gasteiger partial charge in [-0.25, -0.2) is 0 Å². The Morgan fingerprint density at radius 3 is 2.72 bits per heavy atom. The first-order chi connectivity index (χ1) is 8.72. The number of aromatic nitrogens is 2. The van der Waals surface area contributed by atoms with E-state index in [9.17, 15) is 0 Å². The largest absolute Gasteiger partial charge is 0.337 e. The maximum Gasteiger partial charge on any atom is 0.171 e. The number of para-hydroxylation sites is 1. The van der Waals surface area contributed by atoms with Crippen LogP contribution < -0.4 is 5.32 Å². The van der Waals surface area contributed by atoms with Crippen LogP contribution in [0.4, 0.5) is 11.5 Å². The Bertz CT molecular complexity index is 584. The second-order valence-electron chi connectivity index (χ2n) is 4.27. The van der Waals surface area contributed by atoms with Crippen LogP contribution in [0, 0.1) is 11.3 Å². The number of hydrogen-bond donors (Lipinski definition) is 1. The molecule has 4 heteroatoms. The minimum Gasteiger partial charge on any atom is -0.337 e. The number of hydrogen-bond acceptors (Lipinski definition) is 4. The summed E-state index contributed by atoms with van der Waals surface area (Å²) in [6.45, 7) is 4.25. The molecule has 0 aliphatic heterocycles. The van der Waals surface area contributed by atoms with Crippen LogP contribution in [-0.2, 0) is 0 Å². The van der Waals surface area contributed by atoms with Gasteiger partial charge in [-0.15, -0.1) is 5.10 Å². The molecule has 0 radical (unpaired) electrons. The highest BCUT2D eigenvalue weighted by Crippen LogP contribution is 2.26. The second-order valence-corrected chi connectivity index (χ2v) is 4.27. The molecule has 0 unspecified atom stereocenters. The monoisotopic (exact) mass is 238 g/mol. The van der Waals surface area contributed by atoms with Gasteiger partial charge in [-0.3, -0.25) is 0 Å². The van der Waals surface area contributed by atoms with Gasteiger partial charge in [-0.05, 0) is 23.6 Å². The molecule has 1 N–H and O–H groups in total. The van der Waals surface area contributed by atoms with Gasteiger partial charge in [0.1, 0.15) is 6.07 Å². The van der Waals surface area contributed by atoms with E-state index in [-0.39, 0.29) is 0 Å². The maximum atomic E-state index is 9.02. The summed E-state index contributed by atoms with van der Waals surface area (Å²) in [6.07, 6.45) is 1.51. The van der Waals surface area contributed by atoms with Crippen molar-refractivity contribution in [2.75, 3.05) is 5.32 Å². The van der Waals surface area contributed by atoms with Gasteiger partial charge in [0.2, 0.25) is 0 Å². The fourth-order valence-corrected chi connectivity index (χ4v) is 1.76. The van der Waals surface area contributed by atoms with Crippen molar-refractivity contribution in [1.82, 2.24) is 10.2 Å². The van der Waals surface area contributed by atoms with Crippen molar-refractivity contribution in [3.8, 4) is 6.07 Å². The van der Waals surface area contributed by atoms with Crippen molar-refractivity contribution < 1.29 is 0 Å². The molecule has 0 aliphatic rings. The van der Waals surface area contributed by atoms with Crippen LogP contribution in [-0.4, -0.2) is 10.2 Å². The molecule has 2 aromatic rings. The van der Waals surface area contributed by atoms with Gasteiger partial charge >= 0.3 is 0 Å². The molecule has 0 spiro atoms. The average Bonchev–Trinajstić information content (AvgIpc) is 2.40. The van der Waals surface area contributed by atoms with E-state index >= 15 is 0 Å². The molecule has 0 amide bonds. The summed E-state index contributed by atoms with van der Waals surface area (Å²) in [5, 5.41) is 20.0. The zero-order valence-corrected chi connectivity index (χ0v) is 10.4. The van der Waals surface area contributed by atoms with E-state index in [1.165, 1.54) is 11.8 Å². The van der Waals surface area contributed by atoms with Crippen molar-refractivity contribution in [3.63, 3.8) is 0 Å². The van der Waals surface area contributed by atoms with Crippen LogP contribution in [0.3, 0.4) is 0 Å². The molecule has 1 heterocycles. The Morgan fingerprint density at radius 1 is 1.22 bits per heavy atom. The van der Waals surface area contributed by atoms with Crippen LogP contribution in [0.1, 0.15) is 30.9 Å². The smallest absolute Gasteiger partial charge is 0.171 e. The van der Waals surface area contributed by atoms with Crippen LogP contribution in [0.2, 0.25) is 0 Å². The van der Waals surface area contributed by atoms with Crippen molar-refractivity contribution >= 4 is 11.5 Å². The van der Waals surface area contributed by atoms with Crippen LogP contribution in [0.5, 0.6) is 0 Å². The Hall–Kier alpha value is -2.41. The molecule has 0 fully saturated rings. The fourth-order valence-electron chi connectivity index (χ4n) is 1.76. The van der Waals surface area contributed by atoms with Crippen molar-refractivity contribution in [2.45, 2.75) is 19.8 Å². The van der Waals surface area contributed by atoms with Crippen LogP contribution in [0.25, 0.3) is 0 Å². The predicted molar refractivity (Wildman–Crippen MR) is 70.6 cm³/mol. The first kappa shape index (κ1) is 12.1. The fraction of sp³-hybridized carbons (Fsp3) is 0.214. The SMILES string of the molecule is CC(C)c1ccccc1Nc1nnccc1C#N. The summed E-state index contributed by atoms with van der Waals surface area (Å²) >= 11 is 0. The Balaban J connectivity index is 2.38. The van der Waals surface area contributed by atoms with Gasteiger partial charge in [0, 0.05) is 5.69 Å². The van der Waals surface area contributed by atoms with Gasteiger partial charge in [-0.2, -0.15) is 10.4 Å². The molecular formula is C14H14N4. The van der Waals surface area contributed by atoms with Crippen LogP contribution in [0.15, 0.2) is 36.5 Å². The van der Waals surface area contributed by atoms with E-state index in [0.717, 1.165) is 5.69 Å². The lowest BCUT2D eigenvalue weighted by Crippen LogP contribution is -2.02. The minimum atomic E-state index is 0.399. The average molecular weight is 238 g/mol. The highest BCUT2D eigenvalue weighted by molar-refractivity contribution is 5.65. The number of nitrogens with zero attached hydrogens (tertiary/aromatic N) is 3. The molecule has 0 saturated heterocycles. The van der Waals surface area contributed by atoms with E-state index in [2.05, 4.69) is 41.5 Å². The summed E-state index contributed by atoms with van der Waals surface area (Å²) in [5.74, 6) is 0.893. The molecule has 90 valence electrons. The minimum absolute atomic E-state index is 0.399. The Labute approximate surface area is 106 Å². The van der Waals surface area contributed by atoms with E-state index in [1.54, 1.807) is 6.07 Å². The molecule has 1 aromatic heterocycles. The third-order valence-electron chi connectivity index (χ3n) is 2.68. The lowest BCUT2D eigenvalue weighted by Gasteiger charge is -2.14. The van der Waals surface area contributed by atoms with Gasteiger partial charge in [0.05, 0.1) is 11.8 Å². The summed E-state index contributed by atoms with van der Waals surface area (Å²) in [7, 11) is 0. The zero-order chi connectivity index (χ0) is 13.0. The molecule has 0 bridgehead atoms. The standard InChI is InChI=1S/C14H14N4/c1-10(2)12-5-3-4-6-13(12)17-14-11(9-15)7-8-16-18-14/h3-8,10H,1-2H3,(H,17,18). The zero-order valence-electron chi connectivity index (χ0n) is 10.4. The Morgan fingerprint density at radius 2 is 2.00 bits per heavy atom. The van der Waals surface area contributed by atoms with E-state index in [0.29, 0.717) is 17.3 Å². The molecule has 2 rings (SSSR count). The number of nitriles is 1. The van der Waals surface area contributed by atoms with Crippen molar-refractivity contribution in [2.24, 2.45) is 0 Å². The van der Waals surface area contributed by atoms with Crippen molar-refractivity contribution in [1.29, 1.82) is 5.26 Å². The maximum absolute atomic E-state index is 9.02. The molecule has 0 aliphatic carbocycles. The van der Waals surface area contributed by atoms with Gasteiger partial charge in [0.15, 0.2) is 5.82 Å². The summed E-state index contributed by atoms with van der Waals surface area (Å²) < 4.78 is 0. The quantitative estimate of drug-likeness (QED) is 0.891.